The Kier molecular flexibility index (Phi) is 4.28. The highest BCUT2D eigenvalue weighted by atomic mass is 35.5. The van der Waals surface area contributed by atoms with Crippen molar-refractivity contribution >= 4 is 23.2 Å². The third-order valence-electron chi connectivity index (χ3n) is 3.35. The van der Waals surface area contributed by atoms with Gasteiger partial charge in [-0.15, -0.1) is 0 Å². The molecule has 0 saturated carbocycles. The predicted molar refractivity (Wildman–Crippen MR) is 81.8 cm³/mol. The number of benzene rings is 2. The first kappa shape index (κ1) is 16.4. The molecule has 0 saturated heterocycles. The third-order valence-corrected chi connectivity index (χ3v) is 3.68. The lowest BCUT2D eigenvalue weighted by molar-refractivity contribution is -0.137. The number of fused-ring (bicyclic) bond motifs is 1. The van der Waals surface area contributed by atoms with Crippen molar-refractivity contribution in [3.63, 3.8) is 0 Å². The smallest absolute Gasteiger partial charge is 0.416 e. The summed E-state index contributed by atoms with van der Waals surface area (Å²) in [7, 11) is 0. The van der Waals surface area contributed by atoms with E-state index in [1.807, 2.05) is 0 Å². The van der Waals surface area contributed by atoms with Gasteiger partial charge in [-0.25, -0.2) is 0 Å². The van der Waals surface area contributed by atoms with Crippen LogP contribution < -0.4 is 14.8 Å². The summed E-state index contributed by atoms with van der Waals surface area (Å²) in [5, 5.41) is 2.39. The highest BCUT2D eigenvalue weighted by Gasteiger charge is 2.31. The van der Waals surface area contributed by atoms with E-state index in [1.54, 1.807) is 6.07 Å². The highest BCUT2D eigenvalue weighted by molar-refractivity contribution is 6.34. The maximum atomic E-state index is 12.8. The van der Waals surface area contributed by atoms with E-state index < -0.39 is 17.6 Å². The van der Waals surface area contributed by atoms with E-state index in [0.717, 1.165) is 18.2 Å². The zero-order valence-electron chi connectivity index (χ0n) is 12.1. The second-order valence-corrected chi connectivity index (χ2v) is 5.41. The van der Waals surface area contributed by atoms with E-state index in [-0.39, 0.29) is 16.3 Å². The molecule has 4 nitrogen and oxygen atoms in total. The van der Waals surface area contributed by atoms with Gasteiger partial charge < -0.3 is 14.8 Å². The molecule has 1 heterocycles. The van der Waals surface area contributed by atoms with Gasteiger partial charge in [-0.3, -0.25) is 4.79 Å². The lowest BCUT2D eigenvalue weighted by atomic mass is 10.1. The van der Waals surface area contributed by atoms with Gasteiger partial charge in [0, 0.05) is 5.56 Å². The molecule has 0 aromatic heterocycles. The van der Waals surface area contributed by atoms with Gasteiger partial charge in [0.05, 0.1) is 16.3 Å². The summed E-state index contributed by atoms with van der Waals surface area (Å²) >= 11 is 5.87. The minimum atomic E-state index is -4.53. The van der Waals surface area contributed by atoms with E-state index in [9.17, 15) is 18.0 Å². The normalized spacial score (nSPS) is 13.5. The minimum Gasteiger partial charge on any atom is -0.486 e. The Hall–Kier alpha value is -2.41. The Morgan fingerprint density at radius 1 is 1.04 bits per heavy atom. The Morgan fingerprint density at radius 3 is 2.46 bits per heavy atom. The van der Waals surface area contributed by atoms with Crippen LogP contribution in [-0.2, 0) is 6.18 Å². The molecule has 1 aliphatic heterocycles. The summed E-state index contributed by atoms with van der Waals surface area (Å²) in [5.41, 5.74) is -0.802. The van der Waals surface area contributed by atoms with Crippen LogP contribution >= 0.6 is 11.6 Å². The molecule has 3 rings (SSSR count). The van der Waals surface area contributed by atoms with Gasteiger partial charge in [0.25, 0.3) is 5.91 Å². The minimum absolute atomic E-state index is 0.00823. The molecule has 0 unspecified atom stereocenters. The fourth-order valence-electron chi connectivity index (χ4n) is 2.18. The largest absolute Gasteiger partial charge is 0.486 e. The quantitative estimate of drug-likeness (QED) is 0.867. The fourth-order valence-corrected chi connectivity index (χ4v) is 2.34. The van der Waals surface area contributed by atoms with Gasteiger partial charge in [0.1, 0.15) is 13.2 Å². The molecule has 0 spiro atoms. The molecule has 2 aromatic carbocycles. The van der Waals surface area contributed by atoms with Crippen molar-refractivity contribution in [2.24, 2.45) is 0 Å². The van der Waals surface area contributed by atoms with Gasteiger partial charge in [-0.2, -0.15) is 13.2 Å². The van der Waals surface area contributed by atoms with E-state index >= 15 is 0 Å². The molecule has 1 N–H and O–H groups in total. The number of alkyl halides is 3. The average molecular weight is 358 g/mol. The summed E-state index contributed by atoms with van der Waals surface area (Å²) in [6.07, 6.45) is -4.53. The molecule has 0 bridgehead atoms. The SMILES string of the molecule is O=C(Nc1cc(C(F)(F)F)ccc1Cl)c1ccc2c(c1)OCCO2. The predicted octanol–water partition coefficient (Wildman–Crippen LogP) is 4.38. The molecule has 1 amide bonds. The molecule has 1 aliphatic rings. The Balaban J connectivity index is 1.85. The first-order valence-corrected chi connectivity index (χ1v) is 7.30. The molecule has 0 aliphatic carbocycles. The summed E-state index contributed by atoms with van der Waals surface area (Å²) in [4.78, 5) is 12.3. The lowest BCUT2D eigenvalue weighted by Crippen LogP contribution is -2.17. The van der Waals surface area contributed by atoms with Crippen LogP contribution in [0.4, 0.5) is 18.9 Å². The number of carbonyl (C=O) groups excluding carboxylic acids is 1. The van der Waals surface area contributed by atoms with Gasteiger partial charge in [-0.05, 0) is 36.4 Å². The van der Waals surface area contributed by atoms with Crippen molar-refractivity contribution in [1.29, 1.82) is 0 Å². The Labute approximate surface area is 140 Å². The molecule has 24 heavy (non-hydrogen) atoms. The van der Waals surface area contributed by atoms with E-state index in [4.69, 9.17) is 21.1 Å². The first-order valence-electron chi connectivity index (χ1n) is 6.92. The number of halogens is 4. The molecule has 8 heteroatoms. The second-order valence-electron chi connectivity index (χ2n) is 5.00. The number of anilines is 1. The standard InChI is InChI=1S/C16H11ClF3NO3/c17-11-3-2-10(16(18,19)20)8-12(11)21-15(22)9-1-4-13-14(7-9)24-6-5-23-13/h1-4,7-8H,5-6H2,(H,21,22). The third kappa shape index (κ3) is 3.41. The number of nitrogens with one attached hydrogen (secondary N) is 1. The number of amides is 1. The molecule has 2 aromatic rings. The summed E-state index contributed by atoms with van der Waals surface area (Å²) in [6, 6.07) is 7.25. The van der Waals surface area contributed by atoms with Crippen LogP contribution in [0.3, 0.4) is 0 Å². The van der Waals surface area contributed by atoms with Gasteiger partial charge in [0.2, 0.25) is 0 Å². The first-order chi connectivity index (χ1) is 11.3. The van der Waals surface area contributed by atoms with Crippen molar-refractivity contribution in [3.05, 3.63) is 52.5 Å². The maximum absolute atomic E-state index is 12.8. The Bertz CT molecular complexity index is 793. The zero-order valence-corrected chi connectivity index (χ0v) is 12.9. The van der Waals surface area contributed by atoms with Crippen LogP contribution in [0.2, 0.25) is 5.02 Å². The van der Waals surface area contributed by atoms with Gasteiger partial charge >= 0.3 is 6.18 Å². The van der Waals surface area contributed by atoms with Crippen molar-refractivity contribution in [2.75, 3.05) is 18.5 Å². The van der Waals surface area contributed by atoms with Crippen molar-refractivity contribution in [3.8, 4) is 11.5 Å². The molecule has 0 fully saturated rings. The highest BCUT2D eigenvalue weighted by Crippen LogP contribution is 2.35. The number of carbonyl (C=O) groups is 1. The van der Waals surface area contributed by atoms with Crippen molar-refractivity contribution in [1.82, 2.24) is 0 Å². The summed E-state index contributed by atoms with van der Waals surface area (Å²) < 4.78 is 49.0. The summed E-state index contributed by atoms with van der Waals surface area (Å²) in [6.45, 7) is 0.774. The summed E-state index contributed by atoms with van der Waals surface area (Å²) in [5.74, 6) is 0.312. The number of ether oxygens (including phenoxy) is 2. The number of hydrogen-bond acceptors (Lipinski definition) is 3. The molecular formula is C16H11ClF3NO3. The van der Waals surface area contributed by atoms with Crippen molar-refractivity contribution in [2.45, 2.75) is 6.18 Å². The van der Waals surface area contributed by atoms with Crippen LogP contribution in [0.5, 0.6) is 11.5 Å². The molecular weight excluding hydrogens is 347 g/mol. The van der Waals surface area contributed by atoms with Crippen LogP contribution in [-0.4, -0.2) is 19.1 Å². The molecule has 126 valence electrons. The van der Waals surface area contributed by atoms with Gasteiger partial charge in [0.15, 0.2) is 11.5 Å². The van der Waals surface area contributed by atoms with Gasteiger partial charge in [-0.1, -0.05) is 11.6 Å². The van der Waals surface area contributed by atoms with E-state index in [0.29, 0.717) is 24.7 Å². The zero-order chi connectivity index (χ0) is 17.3. The average Bonchev–Trinajstić information content (AvgIpc) is 2.55. The monoisotopic (exact) mass is 357 g/mol. The maximum Gasteiger partial charge on any atom is 0.416 e. The van der Waals surface area contributed by atoms with Crippen LogP contribution in [0.25, 0.3) is 0 Å². The molecule has 0 radical (unpaired) electrons. The lowest BCUT2D eigenvalue weighted by Gasteiger charge is -2.18. The number of rotatable bonds is 2. The van der Waals surface area contributed by atoms with E-state index in [1.165, 1.54) is 12.1 Å². The van der Waals surface area contributed by atoms with Crippen LogP contribution in [0, 0.1) is 0 Å². The van der Waals surface area contributed by atoms with Crippen LogP contribution in [0.15, 0.2) is 36.4 Å². The molecule has 0 atom stereocenters. The van der Waals surface area contributed by atoms with Crippen molar-refractivity contribution < 1.29 is 27.4 Å². The Morgan fingerprint density at radius 2 is 1.75 bits per heavy atom. The van der Waals surface area contributed by atoms with E-state index in [2.05, 4.69) is 5.32 Å². The topological polar surface area (TPSA) is 47.6 Å². The van der Waals surface area contributed by atoms with Crippen LogP contribution in [0.1, 0.15) is 15.9 Å². The number of hydrogen-bond donors (Lipinski definition) is 1. The second kappa shape index (κ2) is 6.24. The fraction of sp³-hybridized carbons (Fsp3) is 0.188.